The molecular weight excluding hydrogens is 949 g/mol. The second-order valence-electron chi connectivity index (χ2n) is 18.7. The van der Waals surface area contributed by atoms with Crippen LogP contribution in [0.4, 0.5) is 26.3 Å². The minimum absolute atomic E-state index is 0.0470. The molecule has 0 fully saturated rings. The zero-order valence-corrected chi connectivity index (χ0v) is 40.3. The van der Waals surface area contributed by atoms with Gasteiger partial charge in [-0.25, -0.2) is 0 Å². The van der Waals surface area contributed by atoms with Gasteiger partial charge in [-0.05, 0) is 194 Å². The Morgan fingerprint density at radius 2 is 0.680 bits per heavy atom. The van der Waals surface area contributed by atoms with Crippen LogP contribution in [-0.4, -0.2) is 4.57 Å². The van der Waals surface area contributed by atoms with Gasteiger partial charge in [0.2, 0.25) is 0 Å². The first-order chi connectivity index (χ1) is 36.2. The number of aryl methyl sites for hydroxylation is 2. The van der Waals surface area contributed by atoms with Crippen LogP contribution in [0.25, 0.3) is 105 Å². The molecule has 0 bridgehead atoms. The lowest BCUT2D eigenvalue weighted by molar-refractivity contribution is -0.137. The largest absolute Gasteiger partial charge is 0.417 e. The summed E-state index contributed by atoms with van der Waals surface area (Å²) in [6.07, 6.45) is -9.23. The normalized spacial score (nSPS) is 11.7. The van der Waals surface area contributed by atoms with E-state index in [-0.39, 0.29) is 11.1 Å². The van der Waals surface area contributed by atoms with Gasteiger partial charge >= 0.3 is 12.4 Å². The number of nitriles is 2. The molecule has 1 aromatic heterocycles. The summed E-state index contributed by atoms with van der Waals surface area (Å²) in [6.45, 7) is 3.93. The highest BCUT2D eigenvalue weighted by Gasteiger charge is 2.35. The van der Waals surface area contributed by atoms with Gasteiger partial charge in [0.25, 0.3) is 0 Å². The van der Waals surface area contributed by atoms with E-state index in [0.29, 0.717) is 38.9 Å². The van der Waals surface area contributed by atoms with Gasteiger partial charge in [-0.15, -0.1) is 0 Å². The topological polar surface area (TPSA) is 52.5 Å². The summed E-state index contributed by atoms with van der Waals surface area (Å²) in [5, 5.41) is 21.6. The van der Waals surface area contributed by atoms with Crippen LogP contribution in [0, 0.1) is 36.5 Å². The van der Waals surface area contributed by atoms with Gasteiger partial charge < -0.3 is 4.57 Å². The number of fused-ring (bicyclic) bond motifs is 3. The van der Waals surface area contributed by atoms with Crippen LogP contribution < -0.4 is 0 Å². The van der Waals surface area contributed by atoms with Gasteiger partial charge in [0.15, 0.2) is 0 Å². The standard InChI is InChI=1S/C66H41F6N3/c1-40-13-3-5-15-53(40)49-30-46(32-51(34-49)55-17-7-10-20-60(55)65(67,68)69)44-23-25-63-58(36-44)59-37-45(24-26-64(59)75(63)62-22-12-9-19-57(62)48-28-42(38-73)27-43(29-48)39-74)47-31-50(54-16-6-4-14-41(54)2)35-52(33-47)56-18-8-11-21-61(56)66(70,71)72/h3-37H,1-2H3. The lowest BCUT2D eigenvalue weighted by atomic mass is 9.89. The minimum Gasteiger partial charge on any atom is -0.309 e. The van der Waals surface area contributed by atoms with Crippen molar-refractivity contribution in [3.8, 4) is 95.7 Å². The minimum atomic E-state index is -4.61. The van der Waals surface area contributed by atoms with Crippen molar-refractivity contribution in [1.29, 1.82) is 10.5 Å². The molecule has 75 heavy (non-hydrogen) atoms. The molecule has 0 saturated carbocycles. The molecule has 11 rings (SSSR count). The maximum atomic E-state index is 14.7. The van der Waals surface area contributed by atoms with Crippen molar-refractivity contribution in [1.82, 2.24) is 4.57 Å². The second kappa shape index (κ2) is 18.9. The van der Waals surface area contributed by atoms with Crippen LogP contribution >= 0.6 is 0 Å². The molecule has 0 N–H and O–H groups in total. The number of rotatable bonds is 8. The maximum Gasteiger partial charge on any atom is 0.417 e. The molecule has 9 heteroatoms. The first-order valence-electron chi connectivity index (χ1n) is 24.1. The van der Waals surface area contributed by atoms with Crippen molar-refractivity contribution < 1.29 is 26.3 Å². The van der Waals surface area contributed by atoms with Gasteiger partial charge in [0.05, 0.1) is 51.1 Å². The highest BCUT2D eigenvalue weighted by atomic mass is 19.4. The summed E-state index contributed by atoms with van der Waals surface area (Å²) < 4.78 is 90.3. The molecule has 1 heterocycles. The Labute approximate surface area is 429 Å². The summed E-state index contributed by atoms with van der Waals surface area (Å²) in [7, 11) is 0. The van der Waals surface area contributed by atoms with E-state index in [2.05, 4.69) is 16.7 Å². The number of hydrogen-bond acceptors (Lipinski definition) is 2. The van der Waals surface area contributed by atoms with Crippen LogP contribution in [0.5, 0.6) is 0 Å². The van der Waals surface area contributed by atoms with Crippen LogP contribution in [0.1, 0.15) is 33.4 Å². The molecule has 0 saturated heterocycles. The second-order valence-corrected chi connectivity index (χ2v) is 18.7. The highest BCUT2D eigenvalue weighted by Crippen LogP contribution is 2.45. The van der Waals surface area contributed by atoms with Gasteiger partial charge in [0, 0.05) is 16.3 Å². The predicted molar refractivity (Wildman–Crippen MR) is 288 cm³/mol. The molecule has 0 spiro atoms. The summed E-state index contributed by atoms with van der Waals surface area (Å²) in [6, 6.07) is 66.9. The fourth-order valence-corrected chi connectivity index (χ4v) is 10.4. The quantitative estimate of drug-likeness (QED) is 0.142. The summed E-state index contributed by atoms with van der Waals surface area (Å²) >= 11 is 0. The zero-order chi connectivity index (χ0) is 52.2. The molecule has 362 valence electrons. The van der Waals surface area contributed by atoms with Crippen LogP contribution in [0.2, 0.25) is 0 Å². The lowest BCUT2D eigenvalue weighted by Crippen LogP contribution is -2.07. The van der Waals surface area contributed by atoms with Crippen molar-refractivity contribution in [2.75, 3.05) is 0 Å². The third kappa shape index (κ3) is 9.00. The number of aromatic nitrogens is 1. The summed E-state index contributed by atoms with van der Waals surface area (Å²) in [5.41, 5.74) is 11.7. The van der Waals surface area contributed by atoms with E-state index < -0.39 is 23.5 Å². The monoisotopic (exact) mass is 989 g/mol. The molecule has 3 nitrogen and oxygen atoms in total. The average Bonchev–Trinajstić information content (AvgIpc) is 3.76. The first kappa shape index (κ1) is 47.9. The van der Waals surface area contributed by atoms with Crippen LogP contribution in [0.3, 0.4) is 0 Å². The van der Waals surface area contributed by atoms with Gasteiger partial charge in [-0.2, -0.15) is 36.9 Å². The number of para-hydroxylation sites is 1. The molecule has 0 atom stereocenters. The summed E-state index contributed by atoms with van der Waals surface area (Å²) in [4.78, 5) is 0. The molecule has 0 unspecified atom stereocenters. The third-order valence-corrected chi connectivity index (χ3v) is 13.9. The van der Waals surface area contributed by atoms with Gasteiger partial charge in [0.1, 0.15) is 0 Å². The van der Waals surface area contributed by atoms with Crippen LogP contribution in [-0.2, 0) is 12.4 Å². The fourth-order valence-electron chi connectivity index (χ4n) is 10.4. The number of hydrogen-bond donors (Lipinski definition) is 0. The Morgan fingerprint density at radius 1 is 0.333 bits per heavy atom. The highest BCUT2D eigenvalue weighted by molar-refractivity contribution is 6.12. The fraction of sp³-hybridized carbons (Fsp3) is 0.0606. The van der Waals surface area contributed by atoms with Crippen molar-refractivity contribution >= 4 is 21.8 Å². The Hall–Kier alpha value is -9.44. The first-order valence-corrected chi connectivity index (χ1v) is 24.1. The SMILES string of the molecule is Cc1ccccc1-c1cc(-c2ccc3c(c2)c2cc(-c4cc(-c5ccccc5C)cc(-c5ccccc5C(F)(F)F)c4)ccc2n3-c2ccccc2-c2cc(C#N)cc(C#N)c2)cc(-c2ccccc2C(F)(F)F)c1. The third-order valence-electron chi connectivity index (χ3n) is 13.9. The number of halogens is 6. The van der Waals surface area contributed by atoms with E-state index in [1.807, 2.05) is 135 Å². The van der Waals surface area contributed by atoms with Crippen molar-refractivity contribution in [2.45, 2.75) is 26.2 Å². The molecule has 0 amide bonds. The lowest BCUT2D eigenvalue weighted by Gasteiger charge is -2.17. The van der Waals surface area contributed by atoms with E-state index in [1.165, 1.54) is 30.3 Å². The Bertz CT molecular complexity index is 3920. The van der Waals surface area contributed by atoms with Gasteiger partial charge in [-0.3, -0.25) is 0 Å². The van der Waals surface area contributed by atoms with Gasteiger partial charge in [-0.1, -0.05) is 115 Å². The van der Waals surface area contributed by atoms with E-state index >= 15 is 0 Å². The number of benzene rings is 10. The summed E-state index contributed by atoms with van der Waals surface area (Å²) in [5.74, 6) is 0. The number of nitrogens with zero attached hydrogens (tertiary/aromatic N) is 3. The Kier molecular flexibility index (Phi) is 12.0. The molecular formula is C66H41F6N3. The van der Waals surface area contributed by atoms with E-state index in [0.717, 1.165) is 89.7 Å². The van der Waals surface area contributed by atoms with E-state index in [9.17, 15) is 36.9 Å². The molecule has 0 aliphatic carbocycles. The Balaban J connectivity index is 1.19. The number of alkyl halides is 6. The smallest absolute Gasteiger partial charge is 0.309 e. The van der Waals surface area contributed by atoms with Crippen molar-refractivity contribution in [3.05, 3.63) is 246 Å². The molecule has 0 radical (unpaired) electrons. The van der Waals surface area contributed by atoms with Crippen molar-refractivity contribution in [2.24, 2.45) is 0 Å². The predicted octanol–water partition coefficient (Wildman–Crippen LogP) is 18.9. The molecule has 10 aromatic carbocycles. The van der Waals surface area contributed by atoms with Crippen molar-refractivity contribution in [3.63, 3.8) is 0 Å². The average molecular weight is 990 g/mol. The van der Waals surface area contributed by atoms with E-state index in [1.54, 1.807) is 48.5 Å². The van der Waals surface area contributed by atoms with E-state index in [4.69, 9.17) is 0 Å². The molecule has 0 aliphatic rings. The maximum absolute atomic E-state index is 14.7. The zero-order valence-electron chi connectivity index (χ0n) is 40.3. The molecule has 0 aliphatic heterocycles. The Morgan fingerprint density at radius 3 is 1.09 bits per heavy atom. The van der Waals surface area contributed by atoms with Crippen LogP contribution in [0.15, 0.2) is 212 Å². The molecule has 11 aromatic rings.